The van der Waals surface area contributed by atoms with E-state index < -0.39 is 6.04 Å². The van der Waals surface area contributed by atoms with Crippen molar-refractivity contribution in [2.75, 3.05) is 5.32 Å². The second kappa shape index (κ2) is 8.57. The van der Waals surface area contributed by atoms with Crippen LogP contribution < -0.4 is 5.32 Å². The molecule has 3 atom stereocenters. The third-order valence-electron chi connectivity index (χ3n) is 7.26. The fourth-order valence-electron chi connectivity index (χ4n) is 5.51. The summed E-state index contributed by atoms with van der Waals surface area (Å²) in [5.74, 6) is -0.282. The minimum atomic E-state index is -0.677. The van der Waals surface area contributed by atoms with Gasteiger partial charge in [0.25, 0.3) is 0 Å². The van der Waals surface area contributed by atoms with Crippen molar-refractivity contribution < 1.29 is 14.4 Å². The van der Waals surface area contributed by atoms with E-state index in [9.17, 15) is 14.4 Å². The number of nitrogens with zero attached hydrogens (tertiary/aromatic N) is 8. The van der Waals surface area contributed by atoms with E-state index in [-0.39, 0.29) is 35.6 Å². The highest BCUT2D eigenvalue weighted by Crippen LogP contribution is 2.60. The number of piperidine rings is 1. The van der Waals surface area contributed by atoms with E-state index in [1.165, 1.54) is 17.9 Å². The van der Waals surface area contributed by atoms with Gasteiger partial charge in [0.2, 0.25) is 11.8 Å². The predicted molar refractivity (Wildman–Crippen MR) is 131 cm³/mol. The molecule has 0 aromatic carbocycles. The van der Waals surface area contributed by atoms with E-state index in [4.69, 9.17) is 0 Å². The van der Waals surface area contributed by atoms with Gasteiger partial charge in [0, 0.05) is 35.7 Å². The molecule has 0 unspecified atom stereocenters. The molecular formula is C25H25N9O3. The number of pyridine rings is 2. The van der Waals surface area contributed by atoms with Gasteiger partial charge in [-0.3, -0.25) is 28.7 Å². The van der Waals surface area contributed by atoms with E-state index in [2.05, 4.69) is 30.5 Å². The molecule has 188 valence electrons. The Kier molecular flexibility index (Phi) is 5.32. The summed E-state index contributed by atoms with van der Waals surface area (Å²) in [5.41, 5.74) is 1.40. The first-order valence-corrected chi connectivity index (χ1v) is 12.0. The number of aromatic nitrogens is 7. The number of nitrogens with one attached hydrogen (secondary N) is 1. The molecule has 12 heteroatoms. The van der Waals surface area contributed by atoms with Crippen molar-refractivity contribution in [3.63, 3.8) is 0 Å². The van der Waals surface area contributed by atoms with E-state index in [1.54, 1.807) is 40.4 Å². The molecule has 1 saturated carbocycles. The zero-order chi connectivity index (χ0) is 25.7. The van der Waals surface area contributed by atoms with Crippen LogP contribution in [0, 0.1) is 12.3 Å². The highest BCUT2D eigenvalue weighted by molar-refractivity contribution is 6.05. The summed E-state index contributed by atoms with van der Waals surface area (Å²) in [6, 6.07) is 6.32. The van der Waals surface area contributed by atoms with Crippen LogP contribution in [0.25, 0.3) is 10.9 Å². The first-order valence-electron chi connectivity index (χ1n) is 12.0. The van der Waals surface area contributed by atoms with Gasteiger partial charge >= 0.3 is 0 Å². The maximum Gasteiger partial charge on any atom is 0.248 e. The van der Waals surface area contributed by atoms with Crippen LogP contribution >= 0.6 is 0 Å². The zero-order valence-corrected chi connectivity index (χ0v) is 20.4. The Morgan fingerprint density at radius 1 is 1.16 bits per heavy atom. The molecule has 0 spiro atoms. The summed E-state index contributed by atoms with van der Waals surface area (Å²) in [6.07, 6.45) is 7.57. The lowest BCUT2D eigenvalue weighted by Gasteiger charge is -2.26. The normalized spacial score (nSPS) is 22.2. The van der Waals surface area contributed by atoms with Crippen LogP contribution in [-0.4, -0.2) is 69.1 Å². The average molecular weight is 500 g/mol. The van der Waals surface area contributed by atoms with Crippen molar-refractivity contribution in [3.8, 4) is 0 Å². The molecule has 6 rings (SSSR count). The third-order valence-corrected chi connectivity index (χ3v) is 7.26. The molecule has 1 N–H and O–H groups in total. The van der Waals surface area contributed by atoms with Crippen molar-refractivity contribution >= 4 is 34.3 Å². The van der Waals surface area contributed by atoms with Crippen LogP contribution in [0.3, 0.4) is 0 Å². The number of carbonyl (C=O) groups excluding carboxylic acids is 3. The van der Waals surface area contributed by atoms with Gasteiger partial charge in [0.1, 0.15) is 36.8 Å². The number of anilines is 1. The fraction of sp³-hybridized carbons (Fsp3) is 0.360. The Bertz CT molecular complexity index is 1530. The number of hydrogen-bond acceptors (Lipinski definition) is 8. The highest BCUT2D eigenvalue weighted by atomic mass is 16.2. The van der Waals surface area contributed by atoms with Crippen LogP contribution in [0.5, 0.6) is 0 Å². The van der Waals surface area contributed by atoms with Gasteiger partial charge in [0.15, 0.2) is 5.78 Å². The van der Waals surface area contributed by atoms with Crippen molar-refractivity contribution in [1.29, 1.82) is 0 Å². The van der Waals surface area contributed by atoms with Gasteiger partial charge < -0.3 is 10.2 Å². The maximum atomic E-state index is 13.8. The highest BCUT2D eigenvalue weighted by Gasteiger charge is 2.67. The quantitative estimate of drug-likeness (QED) is 0.378. The molecular weight excluding hydrogens is 474 g/mol. The fourth-order valence-corrected chi connectivity index (χ4v) is 5.51. The second-order valence-corrected chi connectivity index (χ2v) is 9.81. The maximum absolute atomic E-state index is 13.8. The Morgan fingerprint density at radius 2 is 2.03 bits per heavy atom. The smallest absolute Gasteiger partial charge is 0.248 e. The van der Waals surface area contributed by atoms with Crippen LogP contribution in [0.15, 0.2) is 49.3 Å². The molecule has 4 aromatic heterocycles. The molecule has 0 radical (unpaired) electrons. The first kappa shape index (κ1) is 23.0. The standard InChI is InChI=1S/C25H25N9O3/c1-15-4-3-5-21(29-15)30-24(37)18-8-25(12-32-14-27-13-28-32)9-20(25)34(18)22(36)11-33-19-10-26-7-6-17(19)23(31-33)16(2)35/h3-7,10,13-14,18,20H,8-9,11-12H2,1-2H3,(H,29,30,37)/t18-,20+,25-/m0/s1. The monoisotopic (exact) mass is 499 g/mol. The minimum Gasteiger partial charge on any atom is -0.325 e. The van der Waals surface area contributed by atoms with Crippen LogP contribution in [-0.2, 0) is 22.7 Å². The number of carbonyl (C=O) groups is 3. The van der Waals surface area contributed by atoms with Crippen LogP contribution in [0.2, 0.25) is 0 Å². The zero-order valence-electron chi connectivity index (χ0n) is 20.4. The molecule has 2 fully saturated rings. The van der Waals surface area contributed by atoms with Crippen molar-refractivity contribution in [2.24, 2.45) is 5.41 Å². The molecule has 2 amide bonds. The van der Waals surface area contributed by atoms with E-state index in [0.29, 0.717) is 35.4 Å². The summed E-state index contributed by atoms with van der Waals surface area (Å²) in [4.78, 5) is 53.6. The number of fused-ring (bicyclic) bond motifs is 2. The first-order chi connectivity index (χ1) is 17.8. The second-order valence-electron chi connectivity index (χ2n) is 9.81. The lowest BCUT2D eigenvalue weighted by atomic mass is 9.99. The Hall–Kier alpha value is -4.48. The Labute approximate surface area is 211 Å². The molecule has 1 saturated heterocycles. The predicted octanol–water partition coefficient (Wildman–Crippen LogP) is 1.63. The number of likely N-dealkylation sites (tertiary alicyclic amines) is 1. The SMILES string of the molecule is CC(=O)c1nn(CC(=O)N2[C@H](C(=O)Nc3cccc(C)n3)C[C@@]3(Cn4cncn4)C[C@@H]23)c2cnccc12. The van der Waals surface area contributed by atoms with Gasteiger partial charge in [-0.2, -0.15) is 10.2 Å². The molecule has 12 nitrogen and oxygen atoms in total. The topological polar surface area (TPSA) is 141 Å². The van der Waals surface area contributed by atoms with Crippen LogP contribution in [0.1, 0.15) is 35.9 Å². The Morgan fingerprint density at radius 3 is 2.78 bits per heavy atom. The number of aryl methyl sites for hydroxylation is 1. The summed E-state index contributed by atoms with van der Waals surface area (Å²) in [6.45, 7) is 3.74. The number of hydrogen-bond donors (Lipinski definition) is 1. The number of ketones is 1. The van der Waals surface area contributed by atoms with Crippen molar-refractivity contribution in [3.05, 3.63) is 60.7 Å². The van der Waals surface area contributed by atoms with Gasteiger partial charge in [-0.25, -0.2) is 9.97 Å². The molecule has 1 aliphatic heterocycles. The molecule has 5 heterocycles. The summed E-state index contributed by atoms with van der Waals surface area (Å²) in [7, 11) is 0. The molecule has 0 bridgehead atoms. The van der Waals surface area contributed by atoms with E-state index >= 15 is 0 Å². The summed E-state index contributed by atoms with van der Waals surface area (Å²) in [5, 5.41) is 12.2. The lowest BCUT2D eigenvalue weighted by molar-refractivity contribution is -0.138. The molecule has 2 aliphatic rings. The molecule has 4 aromatic rings. The number of Topliss-reactive ketones (excluding diaryl/α,β-unsaturated/α-hetero) is 1. The largest absolute Gasteiger partial charge is 0.325 e. The van der Waals surface area contributed by atoms with Crippen LogP contribution in [0.4, 0.5) is 5.82 Å². The summed E-state index contributed by atoms with van der Waals surface area (Å²) < 4.78 is 3.25. The molecule has 1 aliphatic carbocycles. The van der Waals surface area contributed by atoms with Gasteiger partial charge in [-0.1, -0.05) is 6.07 Å². The number of rotatable bonds is 7. The number of amides is 2. The minimum absolute atomic E-state index is 0.113. The lowest BCUT2D eigenvalue weighted by Crippen LogP contribution is -2.46. The Balaban J connectivity index is 1.30. The van der Waals surface area contributed by atoms with Gasteiger partial charge in [-0.05, 0) is 38.0 Å². The average Bonchev–Trinajstić information content (AvgIpc) is 3.22. The van der Waals surface area contributed by atoms with Crippen molar-refractivity contribution in [1.82, 2.24) is 39.4 Å². The third kappa shape index (κ3) is 4.03. The van der Waals surface area contributed by atoms with E-state index in [0.717, 1.165) is 12.1 Å². The summed E-state index contributed by atoms with van der Waals surface area (Å²) >= 11 is 0. The molecule has 37 heavy (non-hydrogen) atoms. The van der Waals surface area contributed by atoms with Gasteiger partial charge in [0.05, 0.1) is 18.3 Å². The van der Waals surface area contributed by atoms with Crippen molar-refractivity contribution in [2.45, 2.75) is 51.9 Å². The van der Waals surface area contributed by atoms with E-state index in [1.807, 2.05) is 19.1 Å². The van der Waals surface area contributed by atoms with Gasteiger partial charge in [-0.15, -0.1) is 0 Å².